The first kappa shape index (κ1) is 12.4. The molecule has 0 bridgehead atoms. The third-order valence-electron chi connectivity index (χ3n) is 2.70. The molecule has 1 amide bonds. The summed E-state index contributed by atoms with van der Waals surface area (Å²) in [7, 11) is 1.87. The lowest BCUT2D eigenvalue weighted by Crippen LogP contribution is -2.22. The Morgan fingerprint density at radius 2 is 2.35 bits per heavy atom. The van der Waals surface area contributed by atoms with Gasteiger partial charge in [-0.1, -0.05) is 6.07 Å². The number of rotatable bonds is 4. The number of aliphatic hydroxyl groups is 1. The number of carbonyl (C=O) groups excluding carboxylic acids is 1. The number of hydrogen-bond donors (Lipinski definition) is 2. The van der Waals surface area contributed by atoms with Crippen molar-refractivity contribution in [2.45, 2.75) is 11.3 Å². The van der Waals surface area contributed by atoms with Crippen LogP contribution in [0.2, 0.25) is 0 Å². The Morgan fingerprint density at radius 3 is 3.12 bits per heavy atom. The Bertz CT molecular complexity index is 423. The van der Waals surface area contributed by atoms with Gasteiger partial charge in [-0.2, -0.15) is 0 Å². The highest BCUT2D eigenvalue weighted by Gasteiger charge is 2.15. The van der Waals surface area contributed by atoms with Crippen molar-refractivity contribution in [3.8, 4) is 0 Å². The van der Waals surface area contributed by atoms with Crippen LogP contribution in [0.15, 0.2) is 23.1 Å². The molecule has 0 saturated heterocycles. The fourth-order valence-corrected chi connectivity index (χ4v) is 2.46. The lowest BCUT2D eigenvalue weighted by Gasteiger charge is -2.18. The quantitative estimate of drug-likeness (QED) is 0.789. The number of thioether (sulfide) groups is 1. The van der Waals surface area contributed by atoms with Gasteiger partial charge in [-0.3, -0.25) is 9.69 Å². The van der Waals surface area contributed by atoms with Crippen LogP contribution in [0.1, 0.15) is 5.56 Å². The van der Waals surface area contributed by atoms with Crippen LogP contribution in [0.3, 0.4) is 0 Å². The van der Waals surface area contributed by atoms with Crippen molar-refractivity contribution in [2.24, 2.45) is 0 Å². The number of amides is 1. The highest BCUT2D eigenvalue weighted by molar-refractivity contribution is 8.00. The van der Waals surface area contributed by atoms with Gasteiger partial charge in [0.1, 0.15) is 0 Å². The minimum atomic E-state index is 0.0622. The van der Waals surface area contributed by atoms with Crippen LogP contribution in [0, 0.1) is 0 Å². The van der Waals surface area contributed by atoms with E-state index in [-0.39, 0.29) is 12.6 Å². The average molecular weight is 252 g/mol. The molecule has 1 aromatic carbocycles. The molecule has 0 aromatic heterocycles. The summed E-state index contributed by atoms with van der Waals surface area (Å²) in [6.07, 6.45) is 0.866. The third-order valence-corrected chi connectivity index (χ3v) is 3.77. The number of nitrogens with one attached hydrogen (secondary N) is 1. The van der Waals surface area contributed by atoms with Gasteiger partial charge in [0, 0.05) is 11.4 Å². The van der Waals surface area contributed by atoms with Crippen molar-refractivity contribution >= 4 is 23.4 Å². The van der Waals surface area contributed by atoms with Gasteiger partial charge in [-0.25, -0.2) is 0 Å². The van der Waals surface area contributed by atoms with Crippen LogP contribution in [0.5, 0.6) is 0 Å². The van der Waals surface area contributed by atoms with E-state index in [4.69, 9.17) is 5.11 Å². The maximum Gasteiger partial charge on any atom is 0.234 e. The molecule has 0 radical (unpaired) electrons. The standard InChI is InChI=1S/C12H16N2O2S/c1-14(8-15)5-4-9-2-3-11-10(6-9)13-12(16)7-17-11/h2-3,6,15H,4-5,7-8H2,1H3,(H,13,16). The summed E-state index contributed by atoms with van der Waals surface area (Å²) in [4.78, 5) is 14.2. The number of carbonyl (C=O) groups is 1. The Balaban J connectivity index is 2.05. The van der Waals surface area contributed by atoms with E-state index in [9.17, 15) is 4.79 Å². The first-order chi connectivity index (χ1) is 8.19. The van der Waals surface area contributed by atoms with Crippen LogP contribution in [0.4, 0.5) is 5.69 Å². The first-order valence-electron chi connectivity index (χ1n) is 5.54. The molecule has 0 saturated carbocycles. The number of hydrogen-bond acceptors (Lipinski definition) is 4. The van der Waals surface area contributed by atoms with Gasteiger partial charge in [0.15, 0.2) is 0 Å². The number of fused-ring (bicyclic) bond motifs is 1. The van der Waals surface area contributed by atoms with E-state index in [0.29, 0.717) is 5.75 Å². The van der Waals surface area contributed by atoms with Gasteiger partial charge < -0.3 is 10.4 Å². The molecule has 5 heteroatoms. The molecule has 0 fully saturated rings. The van der Waals surface area contributed by atoms with Crippen LogP contribution < -0.4 is 5.32 Å². The number of likely N-dealkylation sites (N-methyl/N-ethyl adjacent to an activating group) is 1. The van der Waals surface area contributed by atoms with Crippen LogP contribution in [0.25, 0.3) is 0 Å². The van der Waals surface area contributed by atoms with Gasteiger partial charge in [0.25, 0.3) is 0 Å². The highest BCUT2D eigenvalue weighted by Crippen LogP contribution is 2.31. The molecule has 0 unspecified atom stereocenters. The molecule has 2 rings (SSSR count). The van der Waals surface area contributed by atoms with Crippen molar-refractivity contribution < 1.29 is 9.90 Å². The molecule has 1 aromatic rings. The second kappa shape index (κ2) is 5.53. The molecule has 1 aliphatic heterocycles. The van der Waals surface area contributed by atoms with Crippen LogP contribution in [-0.2, 0) is 11.2 Å². The summed E-state index contributed by atoms with van der Waals surface area (Å²) in [5.74, 6) is 0.562. The van der Waals surface area contributed by atoms with E-state index in [1.54, 1.807) is 11.8 Å². The van der Waals surface area contributed by atoms with Gasteiger partial charge in [-0.05, 0) is 31.2 Å². The second-order valence-electron chi connectivity index (χ2n) is 4.14. The summed E-state index contributed by atoms with van der Waals surface area (Å²) in [6.45, 7) is 0.869. The van der Waals surface area contributed by atoms with E-state index in [0.717, 1.165) is 23.5 Å². The van der Waals surface area contributed by atoms with Crippen LogP contribution in [-0.4, -0.2) is 42.0 Å². The van der Waals surface area contributed by atoms with Gasteiger partial charge in [0.2, 0.25) is 5.91 Å². The van der Waals surface area contributed by atoms with Gasteiger partial charge >= 0.3 is 0 Å². The smallest absolute Gasteiger partial charge is 0.234 e. The summed E-state index contributed by atoms with van der Waals surface area (Å²) in [6, 6.07) is 6.15. The maximum absolute atomic E-state index is 11.3. The Morgan fingerprint density at radius 1 is 1.53 bits per heavy atom. The fraction of sp³-hybridized carbons (Fsp3) is 0.417. The minimum absolute atomic E-state index is 0.0622. The zero-order valence-electron chi connectivity index (χ0n) is 9.77. The molecule has 92 valence electrons. The van der Waals surface area contributed by atoms with Crippen molar-refractivity contribution in [1.82, 2.24) is 4.90 Å². The molecule has 0 atom stereocenters. The highest BCUT2D eigenvalue weighted by atomic mass is 32.2. The molecule has 2 N–H and O–H groups in total. The fourth-order valence-electron chi connectivity index (χ4n) is 1.68. The zero-order chi connectivity index (χ0) is 12.3. The number of nitrogens with zero attached hydrogens (tertiary/aromatic N) is 1. The summed E-state index contributed by atoms with van der Waals surface area (Å²) < 4.78 is 0. The minimum Gasteiger partial charge on any atom is -0.381 e. The summed E-state index contributed by atoms with van der Waals surface area (Å²) in [5, 5.41) is 11.8. The van der Waals surface area contributed by atoms with Crippen molar-refractivity contribution in [3.63, 3.8) is 0 Å². The van der Waals surface area contributed by atoms with E-state index < -0.39 is 0 Å². The first-order valence-corrected chi connectivity index (χ1v) is 6.52. The van der Waals surface area contributed by atoms with E-state index in [2.05, 4.69) is 11.4 Å². The van der Waals surface area contributed by atoms with Gasteiger partial charge in [0.05, 0.1) is 18.2 Å². The Labute approximate surface area is 105 Å². The SMILES string of the molecule is CN(CO)CCc1ccc2c(c1)NC(=O)CS2. The number of benzene rings is 1. The normalized spacial score (nSPS) is 14.6. The maximum atomic E-state index is 11.3. The molecule has 1 heterocycles. The van der Waals surface area contributed by atoms with Crippen molar-refractivity contribution in [1.29, 1.82) is 0 Å². The summed E-state index contributed by atoms with van der Waals surface area (Å²) in [5.41, 5.74) is 2.09. The molecule has 0 aliphatic carbocycles. The lowest BCUT2D eigenvalue weighted by atomic mass is 10.1. The van der Waals surface area contributed by atoms with E-state index in [1.807, 2.05) is 24.1 Å². The topological polar surface area (TPSA) is 52.6 Å². The molecule has 17 heavy (non-hydrogen) atoms. The molecule has 1 aliphatic rings. The Hall–Kier alpha value is -1.04. The number of aliphatic hydroxyl groups excluding tert-OH is 1. The average Bonchev–Trinajstić information content (AvgIpc) is 2.35. The van der Waals surface area contributed by atoms with Crippen molar-refractivity contribution in [3.05, 3.63) is 23.8 Å². The second-order valence-corrected chi connectivity index (χ2v) is 5.16. The third kappa shape index (κ3) is 3.21. The predicted octanol–water partition coefficient (Wildman–Crippen LogP) is 1.15. The molecular weight excluding hydrogens is 236 g/mol. The lowest BCUT2D eigenvalue weighted by molar-refractivity contribution is -0.113. The zero-order valence-corrected chi connectivity index (χ0v) is 10.6. The number of anilines is 1. The van der Waals surface area contributed by atoms with Crippen LogP contribution >= 0.6 is 11.8 Å². The van der Waals surface area contributed by atoms with Crippen molar-refractivity contribution in [2.75, 3.05) is 31.4 Å². The summed E-state index contributed by atoms with van der Waals surface area (Å²) >= 11 is 1.57. The molecule has 0 spiro atoms. The predicted molar refractivity (Wildman–Crippen MR) is 69.2 cm³/mol. The molecular formula is C12H16N2O2S. The van der Waals surface area contributed by atoms with E-state index in [1.165, 1.54) is 5.56 Å². The Kier molecular flexibility index (Phi) is 4.04. The largest absolute Gasteiger partial charge is 0.381 e. The monoisotopic (exact) mass is 252 g/mol. The molecule has 4 nitrogen and oxygen atoms in total. The van der Waals surface area contributed by atoms with Gasteiger partial charge in [-0.15, -0.1) is 11.8 Å². The van der Waals surface area contributed by atoms with E-state index >= 15 is 0 Å².